The lowest BCUT2D eigenvalue weighted by atomic mass is 9.53. The largest absolute Gasteiger partial charge is 0.452 e. The molecule has 0 radical (unpaired) electrons. The second-order valence-electron chi connectivity index (χ2n) is 7.98. The number of hydrogen-bond acceptors (Lipinski definition) is 3. The van der Waals surface area contributed by atoms with Crippen LogP contribution >= 0.6 is 0 Å². The zero-order chi connectivity index (χ0) is 17.4. The van der Waals surface area contributed by atoms with Crippen LogP contribution in [0.4, 0.5) is 5.69 Å². The van der Waals surface area contributed by atoms with Crippen LogP contribution in [0.1, 0.15) is 48.9 Å². The number of amides is 1. The Morgan fingerprint density at radius 3 is 2.16 bits per heavy atom. The van der Waals surface area contributed by atoms with E-state index in [0.29, 0.717) is 11.3 Å². The van der Waals surface area contributed by atoms with Crippen LogP contribution < -0.4 is 5.32 Å². The van der Waals surface area contributed by atoms with Gasteiger partial charge in [0.15, 0.2) is 12.3 Å². The van der Waals surface area contributed by atoms with E-state index in [9.17, 15) is 9.59 Å². The van der Waals surface area contributed by atoms with Gasteiger partial charge in [-0.05, 0) is 56.3 Å². The van der Waals surface area contributed by atoms with Crippen molar-refractivity contribution in [3.8, 4) is 0 Å². The monoisotopic (exact) mass is 338 g/mol. The van der Waals surface area contributed by atoms with Crippen LogP contribution in [-0.2, 0) is 9.53 Å². The van der Waals surface area contributed by atoms with Crippen molar-refractivity contribution in [2.45, 2.75) is 44.1 Å². The van der Waals surface area contributed by atoms with Crippen LogP contribution in [0.2, 0.25) is 0 Å². The van der Waals surface area contributed by atoms with E-state index in [2.05, 4.69) is 10.2 Å². The number of nitrogens with zero attached hydrogens (tertiary/aromatic N) is 1. The van der Waals surface area contributed by atoms with Gasteiger partial charge in [0, 0.05) is 5.54 Å². The predicted molar refractivity (Wildman–Crippen MR) is 92.0 cm³/mol. The summed E-state index contributed by atoms with van der Waals surface area (Å²) >= 11 is 0. The second-order valence-corrected chi connectivity index (χ2v) is 7.98. The van der Waals surface area contributed by atoms with Crippen molar-refractivity contribution in [1.29, 1.82) is 0 Å². The normalized spacial score (nSPS) is 32.0. The van der Waals surface area contributed by atoms with Gasteiger partial charge in [0.05, 0.1) is 12.1 Å². The highest BCUT2D eigenvalue weighted by molar-refractivity contribution is 5.91. The Kier molecular flexibility index (Phi) is 3.99. The maximum absolute atomic E-state index is 12.3. The van der Waals surface area contributed by atoms with Crippen LogP contribution in [0, 0.1) is 24.3 Å². The molecule has 4 saturated carbocycles. The Morgan fingerprint density at radius 1 is 1.08 bits per heavy atom. The van der Waals surface area contributed by atoms with Crippen molar-refractivity contribution in [3.63, 3.8) is 0 Å². The molecule has 4 fully saturated rings. The first-order valence-corrected chi connectivity index (χ1v) is 9.01. The van der Waals surface area contributed by atoms with Gasteiger partial charge in [0.1, 0.15) is 0 Å². The molecule has 130 valence electrons. The maximum Gasteiger partial charge on any atom is 0.338 e. The zero-order valence-corrected chi connectivity index (χ0v) is 14.2. The SMILES string of the molecule is [C-]#[N+]c1ccc(C(=O)OCC(=O)NC23CC4CC(CC(C4)C2)C3)cc1. The quantitative estimate of drug-likeness (QED) is 0.675. The van der Waals surface area contributed by atoms with Crippen molar-refractivity contribution in [3.05, 3.63) is 41.2 Å². The fourth-order valence-corrected chi connectivity index (χ4v) is 5.48. The lowest BCUT2D eigenvalue weighted by Gasteiger charge is -2.56. The number of ether oxygens (including phenoxy) is 1. The molecule has 5 nitrogen and oxygen atoms in total. The predicted octanol–water partition coefficient (Wildman–Crippen LogP) is 3.48. The fourth-order valence-electron chi connectivity index (χ4n) is 5.48. The molecular formula is C20H22N2O3. The van der Waals surface area contributed by atoms with Crippen LogP contribution in [0.25, 0.3) is 4.85 Å². The van der Waals surface area contributed by atoms with Gasteiger partial charge in [-0.3, -0.25) is 4.79 Å². The molecule has 4 aliphatic rings. The van der Waals surface area contributed by atoms with Crippen LogP contribution in [0.15, 0.2) is 24.3 Å². The summed E-state index contributed by atoms with van der Waals surface area (Å²) in [5, 5.41) is 3.19. The zero-order valence-electron chi connectivity index (χ0n) is 14.2. The highest BCUT2D eigenvalue weighted by Gasteiger charge is 2.51. The Bertz CT molecular complexity index is 697. The molecule has 0 heterocycles. The molecule has 1 N–H and O–H groups in total. The Labute approximate surface area is 147 Å². The van der Waals surface area contributed by atoms with Crippen LogP contribution in [-0.4, -0.2) is 24.0 Å². The molecule has 5 heteroatoms. The molecule has 0 aromatic heterocycles. The first kappa shape index (κ1) is 16.1. The van der Waals surface area contributed by atoms with E-state index in [1.165, 1.54) is 19.3 Å². The number of nitrogens with one attached hydrogen (secondary N) is 1. The van der Waals surface area contributed by atoms with E-state index in [1.54, 1.807) is 24.3 Å². The summed E-state index contributed by atoms with van der Waals surface area (Å²) in [4.78, 5) is 27.7. The van der Waals surface area contributed by atoms with E-state index in [1.807, 2.05) is 0 Å². The van der Waals surface area contributed by atoms with E-state index in [0.717, 1.165) is 37.0 Å². The Balaban J connectivity index is 1.32. The molecule has 0 atom stereocenters. The molecule has 0 saturated heterocycles. The summed E-state index contributed by atoms with van der Waals surface area (Å²) in [6, 6.07) is 6.23. The first-order valence-electron chi connectivity index (χ1n) is 9.01. The standard InChI is InChI=1S/C20H22N2O3/c1-21-17-4-2-16(3-5-17)19(24)25-12-18(23)22-20-9-13-6-14(10-20)8-15(7-13)11-20/h2-5,13-15H,6-12H2,(H,22,23). The van der Waals surface area contributed by atoms with E-state index >= 15 is 0 Å². The number of benzene rings is 1. The minimum absolute atomic E-state index is 0.0600. The highest BCUT2D eigenvalue weighted by atomic mass is 16.5. The van der Waals surface area contributed by atoms with Crippen LogP contribution in [0.5, 0.6) is 0 Å². The molecule has 1 aromatic carbocycles. The lowest BCUT2D eigenvalue weighted by molar-refractivity contribution is -0.130. The Morgan fingerprint density at radius 2 is 1.64 bits per heavy atom. The third kappa shape index (κ3) is 3.26. The Hall–Kier alpha value is -2.35. The summed E-state index contributed by atoms with van der Waals surface area (Å²) in [7, 11) is 0. The van der Waals surface area contributed by atoms with E-state index in [4.69, 9.17) is 11.3 Å². The molecule has 0 aliphatic heterocycles. The van der Waals surface area contributed by atoms with Crippen molar-refractivity contribution >= 4 is 17.6 Å². The number of esters is 1. The maximum atomic E-state index is 12.3. The molecule has 4 aliphatic carbocycles. The topological polar surface area (TPSA) is 59.8 Å². The van der Waals surface area contributed by atoms with Gasteiger partial charge >= 0.3 is 5.97 Å². The van der Waals surface area contributed by atoms with Crippen molar-refractivity contribution in [1.82, 2.24) is 5.32 Å². The molecule has 1 amide bonds. The van der Waals surface area contributed by atoms with Gasteiger partial charge in [0.2, 0.25) is 0 Å². The van der Waals surface area contributed by atoms with Gasteiger partial charge in [-0.15, -0.1) is 0 Å². The summed E-state index contributed by atoms with van der Waals surface area (Å²) in [5.74, 6) is 1.55. The molecule has 0 spiro atoms. The van der Waals surface area contributed by atoms with Gasteiger partial charge in [-0.1, -0.05) is 24.3 Å². The fraction of sp³-hybridized carbons (Fsp3) is 0.550. The smallest absolute Gasteiger partial charge is 0.338 e. The van der Waals surface area contributed by atoms with Crippen molar-refractivity contribution < 1.29 is 14.3 Å². The number of carbonyl (C=O) groups excluding carboxylic acids is 2. The number of rotatable bonds is 4. The summed E-state index contributed by atoms with van der Waals surface area (Å²) in [6.45, 7) is 6.66. The second kappa shape index (κ2) is 6.18. The molecule has 25 heavy (non-hydrogen) atoms. The summed E-state index contributed by atoms with van der Waals surface area (Å²) < 4.78 is 5.15. The minimum atomic E-state index is -0.530. The van der Waals surface area contributed by atoms with Crippen molar-refractivity contribution in [2.75, 3.05) is 6.61 Å². The minimum Gasteiger partial charge on any atom is -0.452 e. The van der Waals surface area contributed by atoms with E-state index < -0.39 is 5.97 Å². The van der Waals surface area contributed by atoms with Gasteiger partial charge in [0.25, 0.3) is 5.91 Å². The average molecular weight is 338 g/mol. The lowest BCUT2D eigenvalue weighted by Crippen LogP contribution is -2.60. The summed E-state index contributed by atoms with van der Waals surface area (Å²) in [5.41, 5.74) is 0.765. The van der Waals surface area contributed by atoms with Crippen LogP contribution in [0.3, 0.4) is 0 Å². The molecule has 5 rings (SSSR count). The molecule has 4 bridgehead atoms. The third-order valence-corrected chi connectivity index (χ3v) is 6.01. The first-order chi connectivity index (χ1) is 12.0. The molecule has 0 unspecified atom stereocenters. The van der Waals surface area contributed by atoms with Gasteiger partial charge in [-0.2, -0.15) is 0 Å². The summed E-state index contributed by atoms with van der Waals surface area (Å²) in [6.07, 6.45) is 7.21. The van der Waals surface area contributed by atoms with Crippen molar-refractivity contribution in [2.24, 2.45) is 17.8 Å². The van der Waals surface area contributed by atoms with Gasteiger partial charge in [-0.25, -0.2) is 9.64 Å². The van der Waals surface area contributed by atoms with Gasteiger partial charge < -0.3 is 10.1 Å². The number of carbonyl (C=O) groups is 2. The molecule has 1 aromatic rings. The third-order valence-electron chi connectivity index (χ3n) is 6.01. The average Bonchev–Trinajstić information content (AvgIpc) is 2.58. The van der Waals surface area contributed by atoms with E-state index in [-0.39, 0.29) is 18.1 Å². The highest BCUT2D eigenvalue weighted by Crippen LogP contribution is 2.55. The number of hydrogen-bond donors (Lipinski definition) is 1. The molecular weight excluding hydrogens is 316 g/mol.